The summed E-state index contributed by atoms with van der Waals surface area (Å²) in [6.07, 6.45) is 1.56. The number of carbonyl (C=O) groups excluding carboxylic acids is 1. The van der Waals surface area contributed by atoms with E-state index >= 15 is 0 Å². The maximum absolute atomic E-state index is 12.5. The van der Waals surface area contributed by atoms with Crippen LogP contribution >= 0.6 is 11.8 Å². The van der Waals surface area contributed by atoms with Crippen LogP contribution in [-0.2, 0) is 4.79 Å². The van der Waals surface area contributed by atoms with E-state index in [9.17, 15) is 4.79 Å². The minimum atomic E-state index is -0.246. The number of thioether (sulfide) groups is 1. The van der Waals surface area contributed by atoms with E-state index in [0.29, 0.717) is 28.6 Å². The van der Waals surface area contributed by atoms with Crippen molar-refractivity contribution in [1.29, 1.82) is 0 Å². The Bertz CT molecular complexity index is 1190. The lowest BCUT2D eigenvalue weighted by Gasteiger charge is -2.08. The number of furan rings is 1. The van der Waals surface area contributed by atoms with Gasteiger partial charge in [-0.2, -0.15) is 9.78 Å². The van der Waals surface area contributed by atoms with Gasteiger partial charge in [0.25, 0.3) is 17.1 Å². The molecule has 0 atom stereocenters. The Morgan fingerprint density at radius 3 is 2.57 bits per heavy atom. The average molecular weight is 425 g/mol. The molecule has 4 rings (SSSR count). The molecule has 0 aliphatic heterocycles. The summed E-state index contributed by atoms with van der Waals surface area (Å²) in [6, 6.07) is 5.39. The number of hydrogen-bond acceptors (Lipinski definition) is 9. The minimum absolute atomic E-state index is 0.0872. The molecule has 1 amide bonds. The molecule has 0 aromatic carbocycles. The topological polar surface area (TPSA) is 125 Å². The molecule has 4 heterocycles. The summed E-state index contributed by atoms with van der Waals surface area (Å²) < 4.78 is 12.4. The van der Waals surface area contributed by atoms with E-state index in [-0.39, 0.29) is 11.7 Å². The van der Waals surface area contributed by atoms with Crippen LogP contribution in [0.5, 0.6) is 0 Å². The normalized spacial score (nSPS) is 11.1. The summed E-state index contributed by atoms with van der Waals surface area (Å²) in [6.45, 7) is 7.41. The van der Waals surface area contributed by atoms with Crippen LogP contribution in [0.25, 0.3) is 17.4 Å². The van der Waals surface area contributed by atoms with Crippen LogP contribution in [0.2, 0.25) is 0 Å². The number of nitrogens with one attached hydrogen (secondary N) is 1. The van der Waals surface area contributed by atoms with Crippen molar-refractivity contribution in [1.82, 2.24) is 29.9 Å². The predicted molar refractivity (Wildman–Crippen MR) is 109 cm³/mol. The fourth-order valence-corrected chi connectivity index (χ4v) is 3.40. The molecule has 30 heavy (non-hydrogen) atoms. The molecule has 0 radical (unpaired) electrons. The van der Waals surface area contributed by atoms with Crippen LogP contribution in [-0.4, -0.2) is 41.6 Å². The molecular weight excluding hydrogens is 406 g/mol. The predicted octanol–water partition coefficient (Wildman–Crippen LogP) is 3.27. The molecule has 154 valence electrons. The number of rotatable bonds is 6. The zero-order valence-corrected chi connectivity index (χ0v) is 17.6. The van der Waals surface area contributed by atoms with Crippen molar-refractivity contribution in [3.63, 3.8) is 0 Å². The first-order valence-electron chi connectivity index (χ1n) is 9.09. The maximum atomic E-state index is 12.5. The van der Waals surface area contributed by atoms with E-state index in [1.807, 2.05) is 33.8 Å². The number of aromatic nitrogens is 6. The van der Waals surface area contributed by atoms with E-state index in [2.05, 4.69) is 30.6 Å². The van der Waals surface area contributed by atoms with Gasteiger partial charge in [-0.3, -0.25) is 4.79 Å². The van der Waals surface area contributed by atoms with Gasteiger partial charge in [-0.15, -0.1) is 10.2 Å². The number of hydrogen-bond donors (Lipinski definition) is 1. The van der Waals surface area contributed by atoms with Crippen molar-refractivity contribution in [2.75, 3.05) is 11.1 Å². The second-order valence-electron chi connectivity index (χ2n) is 6.63. The highest BCUT2D eigenvalue weighted by atomic mass is 32.2. The van der Waals surface area contributed by atoms with Crippen molar-refractivity contribution in [2.45, 2.75) is 32.9 Å². The third-order valence-electron chi connectivity index (χ3n) is 4.08. The first-order chi connectivity index (χ1) is 14.4. The highest BCUT2D eigenvalue weighted by Crippen LogP contribution is 2.26. The zero-order valence-electron chi connectivity index (χ0n) is 16.8. The third kappa shape index (κ3) is 4.25. The van der Waals surface area contributed by atoms with E-state index in [1.165, 1.54) is 4.68 Å². The second-order valence-corrected chi connectivity index (χ2v) is 7.56. The summed E-state index contributed by atoms with van der Waals surface area (Å²) in [5, 5.41) is 15.5. The molecule has 0 unspecified atom stereocenters. The smallest absolute Gasteiger partial charge is 0.277 e. The van der Waals surface area contributed by atoms with Crippen LogP contribution in [0.15, 0.2) is 38.5 Å². The monoisotopic (exact) mass is 425 g/mol. The van der Waals surface area contributed by atoms with E-state index in [4.69, 9.17) is 8.83 Å². The highest BCUT2D eigenvalue weighted by Gasteiger charge is 2.17. The Morgan fingerprint density at radius 1 is 1.10 bits per heavy atom. The lowest BCUT2D eigenvalue weighted by atomic mass is 10.3. The van der Waals surface area contributed by atoms with Crippen LogP contribution in [0.4, 0.5) is 5.82 Å². The van der Waals surface area contributed by atoms with Gasteiger partial charge in [-0.1, -0.05) is 11.8 Å². The number of anilines is 1. The second kappa shape index (κ2) is 8.11. The highest BCUT2D eigenvalue weighted by molar-refractivity contribution is 7.99. The van der Waals surface area contributed by atoms with Gasteiger partial charge in [0.2, 0.25) is 5.91 Å². The third-order valence-corrected chi connectivity index (χ3v) is 4.90. The first kappa shape index (κ1) is 19.8. The molecule has 4 aromatic heterocycles. The summed E-state index contributed by atoms with van der Waals surface area (Å²) in [4.78, 5) is 21.3. The van der Waals surface area contributed by atoms with Gasteiger partial charge in [0.1, 0.15) is 11.6 Å². The molecule has 0 aliphatic carbocycles. The molecule has 0 spiro atoms. The van der Waals surface area contributed by atoms with E-state index < -0.39 is 0 Å². The van der Waals surface area contributed by atoms with Gasteiger partial charge in [0, 0.05) is 17.5 Å². The standard InChI is InChI=1S/C19H19N7O3S/c1-10-7-11(2)21-18(20-10)26-15(8-12(3)25-26)22-16(27)9-30-19-24-23-17(29-19)14-5-6-28-13(14)4/h5-8H,9H2,1-4H3,(H,22,27). The Hall–Kier alpha value is -3.47. The number of carbonyl (C=O) groups is 1. The number of nitrogens with zero attached hydrogens (tertiary/aromatic N) is 6. The van der Waals surface area contributed by atoms with Gasteiger partial charge in [0.05, 0.1) is 23.3 Å². The molecule has 0 fully saturated rings. The Labute approximate surface area is 176 Å². The van der Waals surface area contributed by atoms with Gasteiger partial charge >= 0.3 is 0 Å². The molecule has 0 saturated heterocycles. The molecule has 0 saturated carbocycles. The van der Waals surface area contributed by atoms with Crippen LogP contribution in [0.3, 0.4) is 0 Å². The summed E-state index contributed by atoms with van der Waals surface area (Å²) in [7, 11) is 0. The average Bonchev–Trinajstić information content (AvgIpc) is 3.39. The lowest BCUT2D eigenvalue weighted by Crippen LogP contribution is -2.18. The Morgan fingerprint density at radius 2 is 1.87 bits per heavy atom. The molecule has 0 aliphatic rings. The summed E-state index contributed by atoms with van der Waals surface area (Å²) >= 11 is 1.14. The number of amides is 1. The minimum Gasteiger partial charge on any atom is -0.469 e. The molecular formula is C19H19N7O3S. The summed E-state index contributed by atoms with van der Waals surface area (Å²) in [5.41, 5.74) is 3.10. The molecule has 11 heteroatoms. The van der Waals surface area contributed by atoms with Crippen molar-refractivity contribution in [3.05, 3.63) is 47.3 Å². The number of aryl methyl sites for hydroxylation is 4. The van der Waals surface area contributed by atoms with Gasteiger partial charge in [-0.25, -0.2) is 9.97 Å². The fourth-order valence-electron chi connectivity index (χ4n) is 2.83. The Kier molecular flexibility index (Phi) is 5.36. The maximum Gasteiger partial charge on any atom is 0.277 e. The zero-order chi connectivity index (χ0) is 21.3. The van der Waals surface area contributed by atoms with E-state index in [1.54, 1.807) is 18.4 Å². The van der Waals surface area contributed by atoms with Gasteiger partial charge in [0.15, 0.2) is 0 Å². The van der Waals surface area contributed by atoms with Crippen LogP contribution < -0.4 is 5.32 Å². The van der Waals surface area contributed by atoms with Gasteiger partial charge in [-0.05, 0) is 39.8 Å². The quantitative estimate of drug-likeness (QED) is 0.463. The van der Waals surface area contributed by atoms with E-state index in [0.717, 1.165) is 34.4 Å². The SMILES string of the molecule is Cc1cc(C)nc(-n2nc(C)cc2NC(=O)CSc2nnc(-c3ccoc3C)o2)n1. The summed E-state index contributed by atoms with van der Waals surface area (Å²) in [5.74, 6) is 1.77. The molecule has 4 aromatic rings. The lowest BCUT2D eigenvalue weighted by molar-refractivity contribution is -0.113. The van der Waals surface area contributed by atoms with Crippen molar-refractivity contribution in [3.8, 4) is 17.4 Å². The van der Waals surface area contributed by atoms with Crippen molar-refractivity contribution in [2.24, 2.45) is 0 Å². The molecule has 1 N–H and O–H groups in total. The van der Waals surface area contributed by atoms with Crippen LogP contribution in [0, 0.1) is 27.7 Å². The molecule has 0 bridgehead atoms. The first-order valence-corrected chi connectivity index (χ1v) is 10.1. The Balaban J connectivity index is 1.44. The fraction of sp³-hybridized carbons (Fsp3) is 0.263. The van der Waals surface area contributed by atoms with Crippen LogP contribution in [0.1, 0.15) is 22.8 Å². The van der Waals surface area contributed by atoms with Gasteiger partial charge < -0.3 is 14.2 Å². The van der Waals surface area contributed by atoms with Crippen molar-refractivity contribution >= 4 is 23.5 Å². The largest absolute Gasteiger partial charge is 0.469 e. The van der Waals surface area contributed by atoms with Crippen molar-refractivity contribution < 1.29 is 13.6 Å². The molecule has 10 nitrogen and oxygen atoms in total.